The quantitative estimate of drug-likeness (QED) is 0.0975. The van der Waals surface area contributed by atoms with Gasteiger partial charge in [-0.25, -0.2) is 14.8 Å². The fraction of sp³-hybridized carbons (Fsp3) is 0.634. The van der Waals surface area contributed by atoms with Gasteiger partial charge in [0.1, 0.15) is 23.3 Å². The summed E-state index contributed by atoms with van der Waals surface area (Å²) >= 11 is 1.11. The highest BCUT2D eigenvalue weighted by molar-refractivity contribution is 8.00. The Labute approximate surface area is 337 Å². The number of aliphatic hydroxyl groups excluding tert-OH is 1. The topological polar surface area (TPSA) is 215 Å². The number of ether oxygens (including phenoxy) is 1. The van der Waals surface area contributed by atoms with Crippen LogP contribution in [0.5, 0.6) is 0 Å². The van der Waals surface area contributed by atoms with Gasteiger partial charge in [-0.1, -0.05) is 78.3 Å². The summed E-state index contributed by atoms with van der Waals surface area (Å²) in [5.74, 6) is -1.62. The number of nitrogen functional groups attached to an aromatic ring is 1. The number of Topliss-reactive ketones (excluding diaryl/α,β-unsaturated/α-hetero) is 1. The van der Waals surface area contributed by atoms with Gasteiger partial charge in [0.05, 0.1) is 29.7 Å². The third kappa shape index (κ3) is 17.3. The molecule has 0 fully saturated rings. The van der Waals surface area contributed by atoms with Crippen LogP contribution >= 0.6 is 11.8 Å². The molecule has 0 saturated heterocycles. The van der Waals surface area contributed by atoms with E-state index >= 15 is 0 Å². The van der Waals surface area contributed by atoms with E-state index in [1.807, 2.05) is 71.9 Å². The predicted octanol–water partition coefficient (Wildman–Crippen LogP) is 4.51. The number of anilines is 1. The van der Waals surface area contributed by atoms with Crippen molar-refractivity contribution in [2.75, 3.05) is 17.2 Å². The molecule has 6 atom stereocenters. The molecule has 0 aliphatic carbocycles. The molecular formula is C41H65N7O7S. The van der Waals surface area contributed by atoms with Gasteiger partial charge in [0.25, 0.3) is 0 Å². The first-order valence-corrected chi connectivity index (χ1v) is 20.6. The van der Waals surface area contributed by atoms with Gasteiger partial charge in [0.2, 0.25) is 17.7 Å². The van der Waals surface area contributed by atoms with E-state index in [4.69, 9.17) is 10.5 Å². The molecule has 0 unspecified atom stereocenters. The molecule has 1 aromatic heterocycles. The standard InChI is InChI=1S/C41H65N7O7S/c1-11-26(6)36(39(53)44-21-29-20-43-27(7)45-37(29)42)48-38(52)30(25(4)5)19-33(49)31(17-24(2)3)46-35(51)23-56-22-34(50)32(18-28-15-13-12-14-16-28)47-40(54)55-41(8,9)10/h12-16,20,24-26,30-33,36,49H,11,17-19,21-23H2,1-10H3,(H,44,53)(H,46,51)(H,47,54)(H,48,52)(H2,42,43,45)/t26-,30-,31-,32-,33-,36-/m0/s1. The molecule has 312 valence electrons. The average Bonchev–Trinajstić information content (AvgIpc) is 3.10. The van der Waals surface area contributed by atoms with Crippen LogP contribution in [0, 0.1) is 30.6 Å². The average molecular weight is 800 g/mol. The van der Waals surface area contributed by atoms with Crippen molar-refractivity contribution in [3.8, 4) is 0 Å². The summed E-state index contributed by atoms with van der Waals surface area (Å²) in [6, 6.07) is 6.95. The van der Waals surface area contributed by atoms with Gasteiger partial charge < -0.3 is 36.8 Å². The SMILES string of the molecule is CC[C@H](C)[C@H](NC(=O)[C@@H](C[C@H](O)[C@H](CC(C)C)NC(=O)CSCC(=O)[C@H](Cc1ccccc1)NC(=O)OC(C)(C)C)C(C)C)C(=O)NCc1cnc(C)nc1N. The summed E-state index contributed by atoms with van der Waals surface area (Å²) < 4.78 is 5.38. The van der Waals surface area contributed by atoms with E-state index in [0.29, 0.717) is 24.2 Å². The molecular weight excluding hydrogens is 735 g/mol. The number of ketones is 1. The smallest absolute Gasteiger partial charge is 0.408 e. The van der Waals surface area contributed by atoms with Crippen molar-refractivity contribution in [3.63, 3.8) is 0 Å². The zero-order chi connectivity index (χ0) is 42.2. The van der Waals surface area contributed by atoms with Gasteiger partial charge in [-0.3, -0.25) is 19.2 Å². The van der Waals surface area contributed by atoms with Crippen LogP contribution in [-0.2, 0) is 36.9 Å². The molecule has 56 heavy (non-hydrogen) atoms. The van der Waals surface area contributed by atoms with Crippen molar-refractivity contribution in [1.82, 2.24) is 31.2 Å². The number of aryl methyl sites for hydroxylation is 1. The lowest BCUT2D eigenvalue weighted by atomic mass is 9.85. The number of nitrogens with zero attached hydrogens (tertiary/aromatic N) is 2. The van der Waals surface area contributed by atoms with Crippen molar-refractivity contribution in [2.45, 2.75) is 131 Å². The maximum Gasteiger partial charge on any atom is 0.408 e. The molecule has 0 saturated carbocycles. The van der Waals surface area contributed by atoms with E-state index in [-0.39, 0.29) is 78.0 Å². The second-order valence-electron chi connectivity index (χ2n) is 16.2. The number of nitrogens with one attached hydrogen (secondary N) is 4. The highest BCUT2D eigenvalue weighted by Gasteiger charge is 2.34. The number of hydrogen-bond donors (Lipinski definition) is 6. The second-order valence-corrected chi connectivity index (χ2v) is 17.2. The van der Waals surface area contributed by atoms with E-state index in [1.165, 1.54) is 0 Å². The van der Waals surface area contributed by atoms with Crippen molar-refractivity contribution < 1.29 is 33.8 Å². The number of rotatable bonds is 22. The molecule has 2 rings (SSSR count). The largest absolute Gasteiger partial charge is 0.444 e. The van der Waals surface area contributed by atoms with E-state index in [2.05, 4.69) is 31.2 Å². The Morgan fingerprint density at radius 1 is 0.929 bits per heavy atom. The molecule has 15 heteroatoms. The zero-order valence-corrected chi connectivity index (χ0v) is 35.6. The van der Waals surface area contributed by atoms with Crippen LogP contribution in [0.2, 0.25) is 0 Å². The lowest BCUT2D eigenvalue weighted by molar-refractivity contribution is -0.134. The molecule has 1 heterocycles. The van der Waals surface area contributed by atoms with E-state index in [1.54, 1.807) is 33.9 Å². The third-order valence-electron chi connectivity index (χ3n) is 9.28. The first-order valence-electron chi connectivity index (χ1n) is 19.5. The monoisotopic (exact) mass is 799 g/mol. The predicted molar refractivity (Wildman–Crippen MR) is 220 cm³/mol. The Morgan fingerprint density at radius 2 is 1.59 bits per heavy atom. The number of aliphatic hydroxyl groups is 1. The Morgan fingerprint density at radius 3 is 2.16 bits per heavy atom. The van der Waals surface area contributed by atoms with E-state index < -0.39 is 41.8 Å². The van der Waals surface area contributed by atoms with Crippen LogP contribution < -0.4 is 27.0 Å². The summed E-state index contributed by atoms with van der Waals surface area (Å²) in [4.78, 5) is 74.6. The highest BCUT2D eigenvalue weighted by atomic mass is 32.2. The van der Waals surface area contributed by atoms with Crippen LogP contribution in [0.4, 0.5) is 10.6 Å². The summed E-state index contributed by atoms with van der Waals surface area (Å²) in [5, 5.41) is 22.9. The number of aromatic nitrogens is 2. The van der Waals surface area contributed by atoms with E-state index in [9.17, 15) is 29.1 Å². The number of benzene rings is 1. The van der Waals surface area contributed by atoms with Crippen LogP contribution in [0.1, 0.15) is 98.5 Å². The first-order chi connectivity index (χ1) is 26.2. The van der Waals surface area contributed by atoms with E-state index in [0.717, 1.165) is 17.3 Å². The first kappa shape index (κ1) is 47.9. The van der Waals surface area contributed by atoms with Crippen molar-refractivity contribution in [2.24, 2.45) is 23.7 Å². The lowest BCUT2D eigenvalue weighted by Gasteiger charge is -2.31. The number of amides is 4. The summed E-state index contributed by atoms with van der Waals surface area (Å²) in [7, 11) is 0. The van der Waals surface area contributed by atoms with Gasteiger partial charge in [-0.2, -0.15) is 0 Å². The van der Waals surface area contributed by atoms with Crippen LogP contribution in [0.15, 0.2) is 36.5 Å². The van der Waals surface area contributed by atoms with Gasteiger partial charge in [0, 0.05) is 24.2 Å². The highest BCUT2D eigenvalue weighted by Crippen LogP contribution is 2.23. The Hall–Kier alpha value is -4.24. The Bertz CT molecular complexity index is 1590. The number of carbonyl (C=O) groups is 5. The normalized spacial score (nSPS) is 14.9. The number of thioether (sulfide) groups is 1. The fourth-order valence-electron chi connectivity index (χ4n) is 5.97. The van der Waals surface area contributed by atoms with Gasteiger partial charge in [-0.05, 0) is 70.3 Å². The number of alkyl carbamates (subject to hydrolysis) is 1. The minimum Gasteiger partial charge on any atom is -0.444 e. The number of nitrogens with two attached hydrogens (primary N) is 1. The van der Waals surface area contributed by atoms with Gasteiger partial charge in [-0.15, -0.1) is 11.8 Å². The van der Waals surface area contributed by atoms with Crippen LogP contribution in [-0.4, -0.2) is 86.0 Å². The minimum atomic E-state index is -1.07. The second kappa shape index (κ2) is 23.1. The lowest BCUT2D eigenvalue weighted by Crippen LogP contribution is -2.53. The molecule has 2 aromatic rings. The molecule has 0 radical (unpaired) electrons. The molecule has 4 amide bonds. The van der Waals surface area contributed by atoms with Crippen molar-refractivity contribution in [3.05, 3.63) is 53.5 Å². The maximum absolute atomic E-state index is 13.8. The Kier molecular flexibility index (Phi) is 19.8. The van der Waals surface area contributed by atoms with Gasteiger partial charge >= 0.3 is 6.09 Å². The molecule has 0 bridgehead atoms. The van der Waals surface area contributed by atoms with Crippen LogP contribution in [0.25, 0.3) is 0 Å². The maximum atomic E-state index is 13.8. The van der Waals surface area contributed by atoms with Crippen molar-refractivity contribution in [1.29, 1.82) is 0 Å². The Balaban J connectivity index is 2.07. The zero-order valence-electron chi connectivity index (χ0n) is 34.8. The minimum absolute atomic E-state index is 0.0369. The van der Waals surface area contributed by atoms with Gasteiger partial charge in [0.15, 0.2) is 5.78 Å². The fourth-order valence-corrected chi connectivity index (χ4v) is 6.74. The molecule has 0 spiro atoms. The summed E-state index contributed by atoms with van der Waals surface area (Å²) in [6.45, 7) is 18.6. The van der Waals surface area contributed by atoms with Crippen LogP contribution in [0.3, 0.4) is 0 Å². The molecule has 0 aliphatic rings. The molecule has 0 aliphatic heterocycles. The number of carbonyl (C=O) groups excluding carboxylic acids is 5. The summed E-state index contributed by atoms with van der Waals surface area (Å²) in [5.41, 5.74) is 6.68. The third-order valence-corrected chi connectivity index (χ3v) is 10.2. The number of hydrogen-bond acceptors (Lipinski definition) is 11. The molecule has 7 N–H and O–H groups in total. The molecule has 14 nitrogen and oxygen atoms in total. The van der Waals surface area contributed by atoms with Crippen molar-refractivity contribution >= 4 is 47.2 Å². The summed E-state index contributed by atoms with van der Waals surface area (Å²) in [6.07, 6.45) is 1.18. The molecule has 1 aromatic carbocycles.